The number of hydrogen-bond acceptors (Lipinski definition) is 5. The maximum atomic E-state index is 11.7. The zero-order valence-corrected chi connectivity index (χ0v) is 8.71. The van der Waals surface area contributed by atoms with Crippen LogP contribution in [0.25, 0.3) is 5.65 Å². The molecule has 1 aliphatic rings. The lowest BCUT2D eigenvalue weighted by Gasteiger charge is -2.15. The van der Waals surface area contributed by atoms with E-state index in [1.165, 1.54) is 10.7 Å². The number of primary amides is 1. The molecule has 0 atom stereocenters. The molecule has 2 N–H and O–H groups in total. The van der Waals surface area contributed by atoms with E-state index in [1.54, 1.807) is 6.20 Å². The average Bonchev–Trinajstić information content (AvgIpc) is 2.72. The number of hydrogen-bond donors (Lipinski definition) is 1. The minimum Gasteiger partial charge on any atom is -0.461 e. The van der Waals surface area contributed by atoms with Gasteiger partial charge in [-0.2, -0.15) is 5.10 Å². The van der Waals surface area contributed by atoms with E-state index in [4.69, 9.17) is 10.5 Å². The zero-order valence-electron chi connectivity index (χ0n) is 8.71. The van der Waals surface area contributed by atoms with Gasteiger partial charge in [0.15, 0.2) is 11.3 Å². The van der Waals surface area contributed by atoms with Crippen LogP contribution in [0.15, 0.2) is 12.4 Å². The summed E-state index contributed by atoms with van der Waals surface area (Å²) >= 11 is 0. The number of ether oxygens (including phenoxy) is 1. The van der Waals surface area contributed by atoms with Gasteiger partial charge in [-0.1, -0.05) is 0 Å². The van der Waals surface area contributed by atoms with Crippen molar-refractivity contribution in [1.29, 1.82) is 0 Å². The first kappa shape index (κ1) is 9.76. The van der Waals surface area contributed by atoms with Gasteiger partial charge in [-0.05, 0) is 0 Å². The largest absolute Gasteiger partial charge is 0.461 e. The van der Waals surface area contributed by atoms with Gasteiger partial charge in [-0.3, -0.25) is 4.79 Å². The highest BCUT2D eigenvalue weighted by Crippen LogP contribution is 2.18. The van der Waals surface area contributed by atoms with Crippen molar-refractivity contribution in [3.8, 4) is 0 Å². The van der Waals surface area contributed by atoms with E-state index in [9.17, 15) is 9.59 Å². The molecule has 0 saturated heterocycles. The van der Waals surface area contributed by atoms with E-state index >= 15 is 0 Å². The topological polar surface area (TPSA) is 99.6 Å². The van der Waals surface area contributed by atoms with Gasteiger partial charge in [0.2, 0.25) is 0 Å². The number of esters is 1. The van der Waals surface area contributed by atoms with Crippen molar-refractivity contribution in [1.82, 2.24) is 14.6 Å². The van der Waals surface area contributed by atoms with Crippen LogP contribution in [0.5, 0.6) is 0 Å². The van der Waals surface area contributed by atoms with E-state index in [0.717, 1.165) is 5.56 Å². The van der Waals surface area contributed by atoms with Gasteiger partial charge in [-0.15, -0.1) is 0 Å². The van der Waals surface area contributed by atoms with Crippen molar-refractivity contribution in [2.75, 3.05) is 6.61 Å². The molecule has 0 bridgehead atoms. The molecule has 0 aromatic carbocycles. The molecule has 3 rings (SSSR count). The smallest absolute Gasteiger partial charge is 0.357 e. The van der Waals surface area contributed by atoms with Gasteiger partial charge in [-0.25, -0.2) is 14.3 Å². The van der Waals surface area contributed by atoms with Crippen molar-refractivity contribution in [2.24, 2.45) is 5.73 Å². The maximum Gasteiger partial charge on any atom is 0.357 e. The van der Waals surface area contributed by atoms with Crippen LogP contribution < -0.4 is 5.73 Å². The normalized spacial score (nSPS) is 14.5. The average molecular weight is 232 g/mol. The van der Waals surface area contributed by atoms with Gasteiger partial charge in [0, 0.05) is 18.2 Å². The van der Waals surface area contributed by atoms with E-state index in [0.29, 0.717) is 18.7 Å². The third-order valence-electron chi connectivity index (χ3n) is 2.67. The van der Waals surface area contributed by atoms with Gasteiger partial charge >= 0.3 is 5.97 Å². The van der Waals surface area contributed by atoms with E-state index < -0.39 is 11.9 Å². The summed E-state index contributed by atoms with van der Waals surface area (Å²) in [6.07, 6.45) is 3.45. The molecule has 2 aromatic heterocycles. The summed E-state index contributed by atoms with van der Waals surface area (Å²) < 4.78 is 6.24. The summed E-state index contributed by atoms with van der Waals surface area (Å²) in [4.78, 5) is 26.9. The molecule has 17 heavy (non-hydrogen) atoms. The summed E-state index contributed by atoms with van der Waals surface area (Å²) in [5, 5.41) is 3.96. The molecule has 0 radical (unpaired) electrons. The molecule has 0 saturated carbocycles. The highest BCUT2D eigenvalue weighted by Gasteiger charge is 2.25. The Hall–Kier alpha value is -2.44. The molecule has 7 heteroatoms. The predicted molar refractivity (Wildman–Crippen MR) is 55.5 cm³/mol. The Morgan fingerprint density at radius 3 is 3.06 bits per heavy atom. The first-order valence-electron chi connectivity index (χ1n) is 5.01. The van der Waals surface area contributed by atoms with Crippen LogP contribution in [0, 0.1) is 0 Å². The van der Waals surface area contributed by atoms with Crippen molar-refractivity contribution in [3.63, 3.8) is 0 Å². The van der Waals surface area contributed by atoms with Crippen molar-refractivity contribution in [3.05, 3.63) is 29.2 Å². The Balaban J connectivity index is 2.35. The molecule has 1 amide bonds. The maximum absolute atomic E-state index is 11.7. The number of carbonyl (C=O) groups excluding carboxylic acids is 2. The minimum absolute atomic E-state index is 0.186. The summed E-state index contributed by atoms with van der Waals surface area (Å²) in [5.74, 6) is -1.09. The highest BCUT2D eigenvalue weighted by atomic mass is 16.5. The third kappa shape index (κ3) is 1.28. The number of fused-ring (bicyclic) bond motifs is 3. The summed E-state index contributed by atoms with van der Waals surface area (Å²) in [6.45, 7) is 0.336. The van der Waals surface area contributed by atoms with Crippen LogP contribution in [0.3, 0.4) is 0 Å². The quantitative estimate of drug-likeness (QED) is 0.670. The molecule has 7 nitrogen and oxygen atoms in total. The lowest BCUT2D eigenvalue weighted by molar-refractivity contribution is 0.0467. The molecule has 0 spiro atoms. The molecule has 0 unspecified atom stereocenters. The molecule has 0 fully saturated rings. The second-order valence-corrected chi connectivity index (χ2v) is 3.68. The molecular formula is C10H8N4O3. The fourth-order valence-corrected chi connectivity index (χ4v) is 1.86. The lowest BCUT2D eigenvalue weighted by Crippen LogP contribution is -2.22. The molecule has 86 valence electrons. The summed E-state index contributed by atoms with van der Waals surface area (Å²) in [7, 11) is 0. The number of nitrogens with two attached hydrogens (primary N) is 1. The molecule has 3 heterocycles. The van der Waals surface area contributed by atoms with Crippen LogP contribution in [-0.2, 0) is 11.2 Å². The first-order chi connectivity index (χ1) is 8.18. The Morgan fingerprint density at radius 1 is 1.47 bits per heavy atom. The van der Waals surface area contributed by atoms with E-state index in [-0.39, 0.29) is 11.2 Å². The van der Waals surface area contributed by atoms with Gasteiger partial charge in [0.25, 0.3) is 5.91 Å². The first-order valence-corrected chi connectivity index (χ1v) is 5.01. The number of aromatic nitrogens is 3. The summed E-state index contributed by atoms with van der Waals surface area (Å²) in [5.41, 5.74) is 6.72. The van der Waals surface area contributed by atoms with Crippen LogP contribution in [-0.4, -0.2) is 33.1 Å². The molecule has 2 aromatic rings. The number of rotatable bonds is 1. The van der Waals surface area contributed by atoms with Crippen molar-refractivity contribution < 1.29 is 14.3 Å². The van der Waals surface area contributed by atoms with Gasteiger partial charge < -0.3 is 10.5 Å². The molecule has 1 aliphatic heterocycles. The SMILES string of the molecule is NC(=O)c1cnn2c3c(cnc12)CCOC3=O. The minimum atomic E-state index is -0.628. The Morgan fingerprint density at radius 2 is 2.29 bits per heavy atom. The van der Waals surface area contributed by atoms with Crippen LogP contribution in [0.2, 0.25) is 0 Å². The lowest BCUT2D eigenvalue weighted by atomic mass is 10.1. The number of carbonyl (C=O) groups is 2. The van der Waals surface area contributed by atoms with Crippen LogP contribution in [0.4, 0.5) is 0 Å². The third-order valence-corrected chi connectivity index (χ3v) is 2.67. The standard InChI is InChI=1S/C10H8N4O3/c11-8(15)6-4-13-14-7-5(3-12-9(6)14)1-2-17-10(7)16/h3-4H,1-2H2,(H2,11,15). The van der Waals surface area contributed by atoms with Gasteiger partial charge in [0.05, 0.1) is 12.8 Å². The predicted octanol–water partition coefficient (Wildman–Crippen LogP) is -0.459. The Kier molecular flexibility index (Phi) is 1.88. The fraction of sp³-hybridized carbons (Fsp3) is 0.200. The van der Waals surface area contributed by atoms with Crippen molar-refractivity contribution >= 4 is 17.5 Å². The number of cyclic esters (lactones) is 1. The molecular weight excluding hydrogens is 224 g/mol. The van der Waals surface area contributed by atoms with Gasteiger partial charge in [0.1, 0.15) is 5.56 Å². The fourth-order valence-electron chi connectivity index (χ4n) is 1.86. The number of nitrogens with zero attached hydrogens (tertiary/aromatic N) is 3. The Bertz CT molecular complexity index is 646. The van der Waals surface area contributed by atoms with E-state index in [1.807, 2.05) is 0 Å². The monoisotopic (exact) mass is 232 g/mol. The summed E-state index contributed by atoms with van der Waals surface area (Å²) in [6, 6.07) is 0. The van der Waals surface area contributed by atoms with Crippen molar-refractivity contribution in [2.45, 2.75) is 6.42 Å². The van der Waals surface area contributed by atoms with Crippen LogP contribution >= 0.6 is 0 Å². The molecule has 0 aliphatic carbocycles. The second kappa shape index (κ2) is 3.27. The second-order valence-electron chi connectivity index (χ2n) is 3.68. The Labute approximate surface area is 95.2 Å². The van der Waals surface area contributed by atoms with E-state index in [2.05, 4.69) is 10.1 Å². The highest BCUT2D eigenvalue weighted by molar-refractivity contribution is 5.99. The van der Waals surface area contributed by atoms with Crippen LogP contribution in [0.1, 0.15) is 26.4 Å². The zero-order chi connectivity index (χ0) is 12.0. The number of amides is 1.